The number of nitrogens with zero attached hydrogens (tertiary/aromatic N) is 2. The van der Waals surface area contributed by atoms with Gasteiger partial charge in [0.2, 0.25) is 0 Å². The van der Waals surface area contributed by atoms with Gasteiger partial charge in [-0.15, -0.1) is 0 Å². The van der Waals surface area contributed by atoms with E-state index in [2.05, 4.69) is 14.3 Å². The van der Waals surface area contributed by atoms with E-state index in [0.29, 0.717) is 10.7 Å². The molecule has 0 spiro atoms. The van der Waals surface area contributed by atoms with Crippen LogP contribution in [0.5, 0.6) is 0 Å². The Balaban J connectivity index is 1.56. The normalized spacial score (nSPS) is 13.6. The number of sulfonamides is 1. The molecule has 5 nitrogen and oxygen atoms in total. The van der Waals surface area contributed by atoms with Gasteiger partial charge >= 0.3 is 0 Å². The van der Waals surface area contributed by atoms with Crippen LogP contribution in [0.4, 0.5) is 5.69 Å². The fraction of sp³-hybridized carbons (Fsp3) is 0.118. The van der Waals surface area contributed by atoms with Crippen molar-refractivity contribution in [2.75, 3.05) is 10.5 Å². The molecule has 0 saturated carbocycles. The predicted octanol–water partition coefficient (Wildman–Crippen LogP) is 4.11. The first-order valence-electron chi connectivity index (χ1n) is 7.60. The molecule has 128 valence electrons. The third-order valence-corrected chi connectivity index (χ3v) is 6.43. The Morgan fingerprint density at radius 1 is 1.16 bits per heavy atom. The molecular formula is C17H14ClN3O2S2. The maximum absolute atomic E-state index is 12.4. The summed E-state index contributed by atoms with van der Waals surface area (Å²) in [5, 5.41) is 1.41. The fourth-order valence-electron chi connectivity index (χ4n) is 2.61. The van der Waals surface area contributed by atoms with E-state index < -0.39 is 10.0 Å². The van der Waals surface area contributed by atoms with Crippen LogP contribution in [0, 0.1) is 0 Å². The monoisotopic (exact) mass is 391 g/mol. The molecule has 0 saturated heterocycles. The van der Waals surface area contributed by atoms with Crippen molar-refractivity contribution in [1.82, 2.24) is 9.55 Å². The summed E-state index contributed by atoms with van der Waals surface area (Å²) in [7, 11) is -3.67. The molecule has 1 aromatic heterocycles. The van der Waals surface area contributed by atoms with E-state index in [4.69, 9.17) is 11.6 Å². The molecule has 2 heterocycles. The van der Waals surface area contributed by atoms with Crippen molar-refractivity contribution in [3.63, 3.8) is 0 Å². The van der Waals surface area contributed by atoms with Gasteiger partial charge < -0.3 is 4.57 Å². The van der Waals surface area contributed by atoms with Crippen LogP contribution in [0.1, 0.15) is 0 Å². The molecular weight excluding hydrogens is 378 g/mol. The molecule has 0 aliphatic carbocycles. The van der Waals surface area contributed by atoms with Crippen molar-refractivity contribution >= 4 is 39.1 Å². The molecule has 4 rings (SSSR count). The lowest BCUT2D eigenvalue weighted by atomic mass is 10.1. The number of benzene rings is 2. The van der Waals surface area contributed by atoms with E-state index in [9.17, 15) is 8.42 Å². The summed E-state index contributed by atoms with van der Waals surface area (Å²) in [6.45, 7) is 0.977. The van der Waals surface area contributed by atoms with Crippen LogP contribution < -0.4 is 4.72 Å². The first-order valence-corrected chi connectivity index (χ1v) is 10.4. The lowest BCUT2D eigenvalue weighted by molar-refractivity contribution is 0.601. The summed E-state index contributed by atoms with van der Waals surface area (Å²) in [4.78, 5) is 4.73. The van der Waals surface area contributed by atoms with Crippen LogP contribution in [0.3, 0.4) is 0 Å². The molecule has 0 atom stereocenters. The first kappa shape index (κ1) is 16.5. The Morgan fingerprint density at radius 2 is 1.96 bits per heavy atom. The van der Waals surface area contributed by atoms with E-state index in [-0.39, 0.29) is 4.90 Å². The number of halogens is 1. The Morgan fingerprint density at radius 3 is 2.68 bits per heavy atom. The van der Waals surface area contributed by atoms with Crippen molar-refractivity contribution < 1.29 is 8.42 Å². The van der Waals surface area contributed by atoms with Crippen LogP contribution in [0.15, 0.2) is 64.8 Å². The summed E-state index contributed by atoms with van der Waals surface area (Å²) < 4.78 is 29.5. The number of aromatic nitrogens is 2. The van der Waals surface area contributed by atoms with Gasteiger partial charge in [0.15, 0.2) is 5.16 Å². The minimum Gasteiger partial charge on any atom is -0.325 e. The quantitative estimate of drug-likeness (QED) is 0.726. The Labute approximate surface area is 155 Å². The average Bonchev–Trinajstić information content (AvgIpc) is 3.17. The molecule has 0 fully saturated rings. The topological polar surface area (TPSA) is 64.0 Å². The van der Waals surface area contributed by atoms with E-state index in [1.807, 2.05) is 18.3 Å². The largest absolute Gasteiger partial charge is 0.325 e. The zero-order valence-corrected chi connectivity index (χ0v) is 15.4. The zero-order chi connectivity index (χ0) is 17.4. The molecule has 0 unspecified atom stereocenters. The van der Waals surface area contributed by atoms with Crippen LogP contribution in [-0.4, -0.2) is 23.7 Å². The number of thioether (sulfide) groups is 1. The van der Waals surface area contributed by atoms with Gasteiger partial charge in [0, 0.05) is 34.8 Å². The maximum Gasteiger partial charge on any atom is 0.261 e. The van der Waals surface area contributed by atoms with Crippen LogP contribution in [-0.2, 0) is 16.6 Å². The number of hydrogen-bond donors (Lipinski definition) is 1. The second kappa shape index (κ2) is 6.40. The van der Waals surface area contributed by atoms with Gasteiger partial charge in [-0.1, -0.05) is 41.6 Å². The smallest absolute Gasteiger partial charge is 0.261 e. The molecule has 0 amide bonds. The second-order valence-electron chi connectivity index (χ2n) is 5.59. The van der Waals surface area contributed by atoms with Crippen molar-refractivity contribution in [3.05, 3.63) is 59.8 Å². The van der Waals surface area contributed by atoms with Gasteiger partial charge in [-0.2, -0.15) is 0 Å². The van der Waals surface area contributed by atoms with Crippen molar-refractivity contribution in [2.45, 2.75) is 16.6 Å². The van der Waals surface area contributed by atoms with Gasteiger partial charge in [-0.3, -0.25) is 4.72 Å². The third-order valence-electron chi connectivity index (χ3n) is 3.84. The number of hydrogen-bond acceptors (Lipinski definition) is 4. The number of rotatable bonds is 4. The lowest BCUT2D eigenvalue weighted by Crippen LogP contribution is -2.12. The Kier molecular flexibility index (Phi) is 4.23. The Hall–Kier alpha value is -1.96. The molecule has 25 heavy (non-hydrogen) atoms. The molecule has 1 aliphatic heterocycles. The highest BCUT2D eigenvalue weighted by atomic mass is 35.5. The van der Waals surface area contributed by atoms with Crippen molar-refractivity contribution in [2.24, 2.45) is 0 Å². The fourth-order valence-corrected chi connectivity index (χ4v) is 4.91. The maximum atomic E-state index is 12.4. The van der Waals surface area contributed by atoms with Crippen LogP contribution in [0.25, 0.3) is 11.3 Å². The minimum atomic E-state index is -3.67. The summed E-state index contributed by atoms with van der Waals surface area (Å²) in [6, 6.07) is 13.3. The standard InChI is InChI=1S/C17H14ClN3O2S2/c18-13-2-1-3-15(10-13)25(22,23)20-14-6-4-12(5-7-14)16-11-21-8-9-24-17(21)19-16/h1-7,10-11,20H,8-9H2. The lowest BCUT2D eigenvalue weighted by Gasteiger charge is -2.09. The van der Waals surface area contributed by atoms with E-state index in [1.165, 1.54) is 12.1 Å². The van der Waals surface area contributed by atoms with E-state index >= 15 is 0 Å². The van der Waals surface area contributed by atoms with Gasteiger partial charge in [0.25, 0.3) is 10.0 Å². The highest BCUT2D eigenvalue weighted by Gasteiger charge is 2.16. The zero-order valence-electron chi connectivity index (χ0n) is 13.0. The van der Waals surface area contributed by atoms with Gasteiger partial charge in [0.05, 0.1) is 10.6 Å². The molecule has 2 aromatic carbocycles. The van der Waals surface area contributed by atoms with E-state index in [1.54, 1.807) is 36.0 Å². The molecule has 3 aromatic rings. The SMILES string of the molecule is O=S(=O)(Nc1ccc(-c2cn3c(n2)SCC3)cc1)c1cccc(Cl)c1. The summed E-state index contributed by atoms with van der Waals surface area (Å²) in [5.74, 6) is 1.06. The molecule has 8 heteroatoms. The third kappa shape index (κ3) is 3.40. The van der Waals surface area contributed by atoms with Crippen LogP contribution >= 0.6 is 23.4 Å². The van der Waals surface area contributed by atoms with Gasteiger partial charge in [-0.25, -0.2) is 13.4 Å². The average molecular weight is 392 g/mol. The van der Waals surface area contributed by atoms with Crippen molar-refractivity contribution in [3.8, 4) is 11.3 Å². The molecule has 1 N–H and O–H groups in total. The number of aryl methyl sites for hydroxylation is 1. The number of imidazole rings is 1. The summed E-state index contributed by atoms with van der Waals surface area (Å²) >= 11 is 7.61. The highest BCUT2D eigenvalue weighted by molar-refractivity contribution is 7.99. The van der Waals surface area contributed by atoms with Crippen LogP contribution in [0.2, 0.25) is 5.02 Å². The molecule has 0 radical (unpaired) electrons. The van der Waals surface area contributed by atoms with Crippen molar-refractivity contribution in [1.29, 1.82) is 0 Å². The number of anilines is 1. The molecule has 0 bridgehead atoms. The second-order valence-corrected chi connectivity index (χ2v) is 8.77. The molecule has 1 aliphatic rings. The summed E-state index contributed by atoms with van der Waals surface area (Å²) in [5.41, 5.74) is 2.34. The number of fused-ring (bicyclic) bond motifs is 1. The summed E-state index contributed by atoms with van der Waals surface area (Å²) in [6.07, 6.45) is 2.03. The van der Waals surface area contributed by atoms with E-state index in [0.717, 1.165) is 28.7 Å². The van der Waals surface area contributed by atoms with Gasteiger partial charge in [0.1, 0.15) is 0 Å². The number of nitrogens with one attached hydrogen (secondary N) is 1. The Bertz CT molecular complexity index is 1010. The predicted molar refractivity (Wildman–Crippen MR) is 101 cm³/mol. The van der Waals surface area contributed by atoms with Gasteiger partial charge in [-0.05, 0) is 30.3 Å². The first-order chi connectivity index (χ1) is 12.0. The minimum absolute atomic E-state index is 0.131. The highest BCUT2D eigenvalue weighted by Crippen LogP contribution is 2.29.